The lowest BCUT2D eigenvalue weighted by Crippen LogP contribution is -2.09. The third kappa shape index (κ3) is 3.12. The Labute approximate surface area is 126 Å². The molecule has 0 radical (unpaired) electrons. The van der Waals surface area contributed by atoms with Gasteiger partial charge in [0.15, 0.2) is 6.29 Å². The molecule has 0 saturated heterocycles. The molecule has 1 aromatic heterocycles. The molecular weight excluding hydrogens is 262 g/mol. The second-order valence-electron chi connectivity index (χ2n) is 6.14. The van der Waals surface area contributed by atoms with Gasteiger partial charge in [0.25, 0.3) is 0 Å². The van der Waals surface area contributed by atoms with Crippen molar-refractivity contribution >= 4 is 17.2 Å². The number of aromatic nitrogens is 1. The van der Waals surface area contributed by atoms with E-state index >= 15 is 0 Å². The molecule has 3 heteroatoms. The fourth-order valence-electron chi connectivity index (χ4n) is 2.63. The van der Waals surface area contributed by atoms with E-state index in [1.807, 2.05) is 19.1 Å². The summed E-state index contributed by atoms with van der Waals surface area (Å²) in [5, 5.41) is 0.990. The Morgan fingerprint density at radius 2 is 2.00 bits per heavy atom. The molecule has 0 spiro atoms. The van der Waals surface area contributed by atoms with Gasteiger partial charge >= 0.3 is 0 Å². The number of carbonyl (C=O) groups excluding carboxylic acids is 1. The van der Waals surface area contributed by atoms with Crippen molar-refractivity contribution in [1.29, 1.82) is 0 Å². The first-order valence-corrected chi connectivity index (χ1v) is 7.72. The van der Waals surface area contributed by atoms with Crippen molar-refractivity contribution in [2.24, 2.45) is 5.92 Å². The molecule has 0 unspecified atom stereocenters. The van der Waals surface area contributed by atoms with Gasteiger partial charge in [-0.3, -0.25) is 4.79 Å². The Morgan fingerprint density at radius 1 is 1.29 bits per heavy atom. The van der Waals surface area contributed by atoms with Crippen LogP contribution in [-0.4, -0.2) is 17.0 Å². The number of benzene rings is 1. The standard InChI is InChI=1S/C18H25NO2/c1-6-13(4)21-15-7-8-18-16(9-15)17(11-20)14(5)19(18)10-12(2)3/h7-9,11-13H,6,10H2,1-5H3/t13-/m0/s1. The highest BCUT2D eigenvalue weighted by molar-refractivity contribution is 6.00. The van der Waals surface area contributed by atoms with Crippen LogP contribution in [0.1, 0.15) is 50.2 Å². The third-order valence-electron chi connectivity index (χ3n) is 3.92. The molecule has 0 aliphatic carbocycles. The maximum Gasteiger partial charge on any atom is 0.152 e. The predicted octanol–water partition coefficient (Wildman–Crippen LogP) is 4.60. The molecule has 1 atom stereocenters. The molecule has 1 aromatic carbocycles. The Kier molecular flexibility index (Phi) is 4.71. The van der Waals surface area contributed by atoms with Gasteiger partial charge < -0.3 is 9.30 Å². The molecule has 0 N–H and O–H groups in total. The summed E-state index contributed by atoms with van der Waals surface area (Å²) in [5.74, 6) is 1.37. The minimum Gasteiger partial charge on any atom is -0.491 e. The summed E-state index contributed by atoms with van der Waals surface area (Å²) in [6.07, 6.45) is 2.11. The summed E-state index contributed by atoms with van der Waals surface area (Å²) in [4.78, 5) is 11.5. The van der Waals surface area contributed by atoms with Gasteiger partial charge in [-0.25, -0.2) is 0 Å². The number of aldehydes is 1. The van der Waals surface area contributed by atoms with Crippen LogP contribution in [0.15, 0.2) is 18.2 Å². The summed E-state index contributed by atoms with van der Waals surface area (Å²) in [6, 6.07) is 6.06. The van der Waals surface area contributed by atoms with E-state index in [4.69, 9.17) is 4.74 Å². The molecular formula is C18H25NO2. The average molecular weight is 287 g/mol. The number of hydrogen-bond donors (Lipinski definition) is 0. The van der Waals surface area contributed by atoms with E-state index in [1.165, 1.54) is 0 Å². The number of ether oxygens (including phenoxy) is 1. The molecule has 0 aliphatic rings. The molecule has 0 amide bonds. The van der Waals surface area contributed by atoms with E-state index in [0.717, 1.165) is 47.2 Å². The first-order valence-electron chi connectivity index (χ1n) is 7.72. The minimum atomic E-state index is 0.181. The minimum absolute atomic E-state index is 0.181. The zero-order valence-electron chi connectivity index (χ0n) is 13.6. The van der Waals surface area contributed by atoms with E-state index in [0.29, 0.717) is 5.92 Å². The topological polar surface area (TPSA) is 31.2 Å². The summed E-state index contributed by atoms with van der Waals surface area (Å²) in [6.45, 7) is 11.5. The predicted molar refractivity (Wildman–Crippen MR) is 87.3 cm³/mol. The normalized spacial score (nSPS) is 12.9. The lowest BCUT2D eigenvalue weighted by Gasteiger charge is -2.13. The number of fused-ring (bicyclic) bond motifs is 1. The SMILES string of the molecule is CC[C@H](C)Oc1ccc2c(c1)c(C=O)c(C)n2CC(C)C. The largest absolute Gasteiger partial charge is 0.491 e. The van der Waals surface area contributed by atoms with Gasteiger partial charge in [0.05, 0.1) is 6.10 Å². The lowest BCUT2D eigenvalue weighted by atomic mass is 10.1. The first kappa shape index (κ1) is 15.6. The van der Waals surface area contributed by atoms with Gasteiger partial charge in [-0.1, -0.05) is 20.8 Å². The van der Waals surface area contributed by atoms with Crippen LogP contribution in [-0.2, 0) is 6.54 Å². The Bertz CT molecular complexity index is 640. The molecule has 0 aliphatic heterocycles. The monoisotopic (exact) mass is 287 g/mol. The Hall–Kier alpha value is -1.77. The van der Waals surface area contributed by atoms with E-state index in [1.54, 1.807) is 0 Å². The lowest BCUT2D eigenvalue weighted by molar-refractivity contribution is 0.112. The van der Waals surface area contributed by atoms with E-state index in [2.05, 4.69) is 38.3 Å². The van der Waals surface area contributed by atoms with Crippen molar-refractivity contribution in [3.8, 4) is 5.75 Å². The molecule has 0 saturated carbocycles. The summed E-state index contributed by atoms with van der Waals surface area (Å²) in [5.41, 5.74) is 2.93. The fraction of sp³-hybridized carbons (Fsp3) is 0.500. The van der Waals surface area contributed by atoms with E-state index < -0.39 is 0 Å². The summed E-state index contributed by atoms with van der Waals surface area (Å²) in [7, 11) is 0. The van der Waals surface area contributed by atoms with Crippen LogP contribution in [0.4, 0.5) is 0 Å². The molecule has 2 rings (SSSR count). The average Bonchev–Trinajstić information content (AvgIpc) is 2.70. The molecule has 21 heavy (non-hydrogen) atoms. The summed E-state index contributed by atoms with van der Waals surface area (Å²) >= 11 is 0. The van der Waals surface area contributed by atoms with Gasteiger partial charge in [0.1, 0.15) is 5.75 Å². The van der Waals surface area contributed by atoms with E-state index in [-0.39, 0.29) is 6.10 Å². The van der Waals surface area contributed by atoms with E-state index in [9.17, 15) is 4.79 Å². The quantitative estimate of drug-likeness (QED) is 0.727. The van der Waals surface area contributed by atoms with Crippen LogP contribution in [0.25, 0.3) is 10.9 Å². The third-order valence-corrected chi connectivity index (χ3v) is 3.92. The molecule has 0 fully saturated rings. The maximum absolute atomic E-state index is 11.5. The molecule has 2 aromatic rings. The number of rotatable bonds is 6. The van der Waals surface area contributed by atoms with Crippen LogP contribution in [0.3, 0.4) is 0 Å². The van der Waals surface area contributed by atoms with Crippen molar-refractivity contribution in [3.63, 3.8) is 0 Å². The van der Waals surface area contributed by atoms with Crippen LogP contribution in [0.2, 0.25) is 0 Å². The first-order chi connectivity index (χ1) is 9.97. The number of carbonyl (C=O) groups is 1. The zero-order valence-corrected chi connectivity index (χ0v) is 13.6. The number of nitrogens with zero attached hydrogens (tertiary/aromatic N) is 1. The maximum atomic E-state index is 11.5. The van der Waals surface area contributed by atoms with Gasteiger partial charge in [0, 0.05) is 28.7 Å². The fourth-order valence-corrected chi connectivity index (χ4v) is 2.63. The van der Waals surface area contributed by atoms with Gasteiger partial charge in [0.2, 0.25) is 0 Å². The highest BCUT2D eigenvalue weighted by Gasteiger charge is 2.15. The molecule has 1 heterocycles. The van der Waals surface area contributed by atoms with Gasteiger partial charge in [-0.05, 0) is 44.4 Å². The second-order valence-corrected chi connectivity index (χ2v) is 6.14. The van der Waals surface area contributed by atoms with Crippen molar-refractivity contribution in [3.05, 3.63) is 29.5 Å². The van der Waals surface area contributed by atoms with Crippen LogP contribution < -0.4 is 4.74 Å². The second kappa shape index (κ2) is 6.33. The van der Waals surface area contributed by atoms with Gasteiger partial charge in [-0.15, -0.1) is 0 Å². The van der Waals surface area contributed by atoms with Crippen LogP contribution in [0.5, 0.6) is 5.75 Å². The van der Waals surface area contributed by atoms with Crippen molar-refractivity contribution in [1.82, 2.24) is 4.57 Å². The number of hydrogen-bond acceptors (Lipinski definition) is 2. The highest BCUT2D eigenvalue weighted by atomic mass is 16.5. The highest BCUT2D eigenvalue weighted by Crippen LogP contribution is 2.29. The van der Waals surface area contributed by atoms with Crippen molar-refractivity contribution < 1.29 is 9.53 Å². The molecule has 3 nitrogen and oxygen atoms in total. The Morgan fingerprint density at radius 3 is 2.57 bits per heavy atom. The van der Waals surface area contributed by atoms with Crippen molar-refractivity contribution in [2.45, 2.75) is 53.7 Å². The molecule has 0 bridgehead atoms. The Balaban J connectivity index is 2.53. The van der Waals surface area contributed by atoms with Crippen LogP contribution in [0, 0.1) is 12.8 Å². The summed E-state index contributed by atoms with van der Waals surface area (Å²) < 4.78 is 8.11. The molecule has 114 valence electrons. The van der Waals surface area contributed by atoms with Gasteiger partial charge in [-0.2, -0.15) is 0 Å². The zero-order chi connectivity index (χ0) is 15.6. The smallest absolute Gasteiger partial charge is 0.152 e. The van der Waals surface area contributed by atoms with Crippen LogP contribution >= 0.6 is 0 Å². The van der Waals surface area contributed by atoms with Crippen molar-refractivity contribution in [2.75, 3.05) is 0 Å².